The third-order valence-corrected chi connectivity index (χ3v) is 6.28. The van der Waals surface area contributed by atoms with Gasteiger partial charge in [0.15, 0.2) is 11.0 Å². The summed E-state index contributed by atoms with van der Waals surface area (Å²) in [5, 5.41) is 9.09. The van der Waals surface area contributed by atoms with Gasteiger partial charge in [-0.3, -0.25) is 9.36 Å². The lowest BCUT2D eigenvalue weighted by Gasteiger charge is -2.23. The van der Waals surface area contributed by atoms with Gasteiger partial charge in [0.05, 0.1) is 10.8 Å². The Bertz CT molecular complexity index is 812. The number of halogens is 1. The van der Waals surface area contributed by atoms with Gasteiger partial charge in [-0.2, -0.15) is 0 Å². The van der Waals surface area contributed by atoms with Crippen LogP contribution in [0.25, 0.3) is 11.4 Å². The van der Waals surface area contributed by atoms with Gasteiger partial charge in [-0.1, -0.05) is 36.7 Å². The first-order valence-corrected chi connectivity index (χ1v) is 10.7. The predicted molar refractivity (Wildman–Crippen MR) is 104 cm³/mol. The van der Waals surface area contributed by atoms with Gasteiger partial charge < -0.3 is 4.90 Å². The maximum atomic E-state index is 14.3. The molecule has 0 radical (unpaired) electrons. The van der Waals surface area contributed by atoms with E-state index in [1.54, 1.807) is 12.1 Å². The first-order valence-electron chi connectivity index (χ1n) is 9.80. The van der Waals surface area contributed by atoms with Crippen LogP contribution >= 0.6 is 11.8 Å². The van der Waals surface area contributed by atoms with Crippen LogP contribution in [0.2, 0.25) is 0 Å². The number of carbonyl (C=O) groups is 1. The molecule has 2 aliphatic rings. The van der Waals surface area contributed by atoms with Crippen molar-refractivity contribution in [1.29, 1.82) is 0 Å². The Morgan fingerprint density at radius 1 is 1.15 bits per heavy atom. The number of carbonyl (C=O) groups excluding carboxylic acids is 1. The van der Waals surface area contributed by atoms with Crippen LogP contribution in [0.5, 0.6) is 0 Å². The van der Waals surface area contributed by atoms with E-state index >= 15 is 0 Å². The lowest BCUT2D eigenvalue weighted by Crippen LogP contribution is -2.37. The van der Waals surface area contributed by atoms with Crippen LogP contribution in [0.1, 0.15) is 51.5 Å². The molecule has 1 aliphatic carbocycles. The van der Waals surface area contributed by atoms with Crippen LogP contribution in [0.4, 0.5) is 4.39 Å². The molecule has 1 amide bonds. The number of amides is 1. The van der Waals surface area contributed by atoms with Gasteiger partial charge in [-0.05, 0) is 44.7 Å². The third kappa shape index (κ3) is 4.03. The lowest BCUT2D eigenvalue weighted by molar-refractivity contribution is -0.130. The van der Waals surface area contributed by atoms with E-state index in [1.165, 1.54) is 30.7 Å². The molecule has 1 aliphatic heterocycles. The van der Waals surface area contributed by atoms with E-state index in [4.69, 9.17) is 0 Å². The Morgan fingerprint density at radius 3 is 2.52 bits per heavy atom. The molecule has 0 spiro atoms. The number of hydrogen-bond acceptors (Lipinski definition) is 4. The molecule has 1 saturated carbocycles. The minimum absolute atomic E-state index is 0.166. The van der Waals surface area contributed by atoms with E-state index in [1.807, 2.05) is 22.5 Å². The topological polar surface area (TPSA) is 51.0 Å². The van der Waals surface area contributed by atoms with Crippen molar-refractivity contribution in [2.24, 2.45) is 0 Å². The van der Waals surface area contributed by atoms with Crippen molar-refractivity contribution in [3.8, 4) is 11.4 Å². The van der Waals surface area contributed by atoms with Crippen molar-refractivity contribution < 1.29 is 9.18 Å². The molecule has 1 saturated heterocycles. The highest BCUT2D eigenvalue weighted by Gasteiger charge is 2.33. The molecule has 1 atom stereocenters. The summed E-state index contributed by atoms with van der Waals surface area (Å²) in [5.41, 5.74) is 0.468. The van der Waals surface area contributed by atoms with Crippen molar-refractivity contribution in [2.45, 2.75) is 61.9 Å². The highest BCUT2D eigenvalue weighted by atomic mass is 32.2. The van der Waals surface area contributed by atoms with Crippen LogP contribution in [0, 0.1) is 5.82 Å². The maximum Gasteiger partial charge on any atom is 0.235 e. The zero-order valence-corrected chi connectivity index (χ0v) is 16.4. The smallest absolute Gasteiger partial charge is 0.235 e. The van der Waals surface area contributed by atoms with E-state index < -0.39 is 0 Å². The zero-order valence-electron chi connectivity index (χ0n) is 15.6. The monoisotopic (exact) mass is 388 g/mol. The van der Waals surface area contributed by atoms with E-state index in [0.29, 0.717) is 22.6 Å². The highest BCUT2D eigenvalue weighted by molar-refractivity contribution is 8.00. The Labute approximate surface area is 163 Å². The molecule has 2 aromatic rings. The lowest BCUT2D eigenvalue weighted by atomic mass is 10.2. The van der Waals surface area contributed by atoms with Gasteiger partial charge in [0.25, 0.3) is 0 Å². The van der Waals surface area contributed by atoms with E-state index in [2.05, 4.69) is 10.2 Å². The molecule has 1 aromatic heterocycles. The number of rotatable bonds is 5. The molecule has 27 heavy (non-hydrogen) atoms. The summed E-state index contributed by atoms with van der Waals surface area (Å²) in [4.78, 5) is 14.9. The molecule has 7 heteroatoms. The fourth-order valence-electron chi connectivity index (χ4n) is 3.60. The molecule has 5 nitrogen and oxygen atoms in total. The predicted octanol–water partition coefficient (Wildman–Crippen LogP) is 4.30. The van der Waals surface area contributed by atoms with Gasteiger partial charge in [-0.15, -0.1) is 10.2 Å². The molecule has 2 fully saturated rings. The van der Waals surface area contributed by atoms with Crippen LogP contribution in [-0.4, -0.2) is 43.9 Å². The van der Waals surface area contributed by atoms with Crippen molar-refractivity contribution in [2.75, 3.05) is 13.1 Å². The molecular weight excluding hydrogens is 363 g/mol. The van der Waals surface area contributed by atoms with Gasteiger partial charge in [0.1, 0.15) is 5.82 Å². The molecule has 1 aromatic carbocycles. The average Bonchev–Trinajstić information content (AvgIpc) is 3.47. The summed E-state index contributed by atoms with van der Waals surface area (Å²) in [5.74, 6) is 0.434. The second-order valence-corrected chi connectivity index (χ2v) is 8.69. The Kier molecular flexibility index (Phi) is 5.48. The molecule has 144 valence electrons. The fraction of sp³-hybridized carbons (Fsp3) is 0.550. The van der Waals surface area contributed by atoms with Crippen molar-refractivity contribution in [3.63, 3.8) is 0 Å². The summed E-state index contributed by atoms with van der Waals surface area (Å²) in [6, 6.07) is 6.96. The SMILES string of the molecule is CC(Sc1nnc(-c2ccccc2F)n1C1CC1)C(=O)N1CCCCCC1. The number of aromatic nitrogens is 3. The second-order valence-electron chi connectivity index (χ2n) is 7.39. The molecule has 0 N–H and O–H groups in total. The standard InChI is InChI=1S/C20H25FN4OS/c1-14(19(26)24-12-6-2-3-7-13-24)27-20-23-22-18(25(20)15-10-11-15)16-8-4-5-9-17(16)21/h4-5,8-9,14-15H,2-3,6-7,10-13H2,1H3. The number of likely N-dealkylation sites (tertiary alicyclic amines) is 1. The largest absolute Gasteiger partial charge is 0.342 e. The normalized spacial score (nSPS) is 19.0. The summed E-state index contributed by atoms with van der Waals surface area (Å²) in [7, 11) is 0. The Morgan fingerprint density at radius 2 is 1.85 bits per heavy atom. The zero-order chi connectivity index (χ0) is 18.8. The van der Waals surface area contributed by atoms with Crippen molar-refractivity contribution in [1.82, 2.24) is 19.7 Å². The van der Waals surface area contributed by atoms with Crippen molar-refractivity contribution in [3.05, 3.63) is 30.1 Å². The summed E-state index contributed by atoms with van der Waals surface area (Å²) < 4.78 is 16.3. The molecule has 0 bridgehead atoms. The maximum absolute atomic E-state index is 14.3. The summed E-state index contributed by atoms with van der Waals surface area (Å²) >= 11 is 1.44. The number of nitrogens with zero attached hydrogens (tertiary/aromatic N) is 4. The van der Waals surface area contributed by atoms with Crippen molar-refractivity contribution >= 4 is 17.7 Å². The fourth-order valence-corrected chi connectivity index (χ4v) is 4.61. The number of hydrogen-bond donors (Lipinski definition) is 0. The molecule has 1 unspecified atom stereocenters. The summed E-state index contributed by atoms with van der Waals surface area (Å²) in [6.07, 6.45) is 6.65. The molecule has 2 heterocycles. The third-order valence-electron chi connectivity index (χ3n) is 5.24. The number of benzene rings is 1. The van der Waals surface area contributed by atoms with Crippen LogP contribution in [0.15, 0.2) is 29.4 Å². The quantitative estimate of drug-likeness (QED) is 0.717. The van der Waals surface area contributed by atoms with Gasteiger partial charge >= 0.3 is 0 Å². The average molecular weight is 389 g/mol. The van der Waals surface area contributed by atoms with Crippen LogP contribution in [0.3, 0.4) is 0 Å². The Balaban J connectivity index is 1.55. The minimum atomic E-state index is -0.294. The van der Waals surface area contributed by atoms with Crippen LogP contribution in [-0.2, 0) is 4.79 Å². The first-order chi connectivity index (χ1) is 13.1. The second kappa shape index (κ2) is 8.00. The van der Waals surface area contributed by atoms with Gasteiger partial charge in [0, 0.05) is 19.1 Å². The van der Waals surface area contributed by atoms with E-state index in [-0.39, 0.29) is 17.0 Å². The van der Waals surface area contributed by atoms with Gasteiger partial charge in [0.2, 0.25) is 5.91 Å². The molecular formula is C20H25FN4OS. The molecule has 4 rings (SSSR count). The first kappa shape index (κ1) is 18.5. The van der Waals surface area contributed by atoms with E-state index in [0.717, 1.165) is 38.8 Å². The van der Waals surface area contributed by atoms with Gasteiger partial charge in [-0.25, -0.2) is 4.39 Å². The Hall–Kier alpha value is -1.89. The number of thioether (sulfide) groups is 1. The minimum Gasteiger partial charge on any atom is -0.342 e. The summed E-state index contributed by atoms with van der Waals surface area (Å²) in [6.45, 7) is 3.63. The highest BCUT2D eigenvalue weighted by Crippen LogP contribution is 2.42. The van der Waals surface area contributed by atoms with E-state index in [9.17, 15) is 9.18 Å². The van der Waals surface area contributed by atoms with Crippen LogP contribution < -0.4 is 0 Å².